The summed E-state index contributed by atoms with van der Waals surface area (Å²) in [5, 5.41) is 8.64. The number of allylic oxidation sites excluding steroid dienone is 2. The fourth-order valence-corrected chi connectivity index (χ4v) is 3.03. The van der Waals surface area contributed by atoms with Gasteiger partial charge >= 0.3 is 0 Å². The first-order valence-corrected chi connectivity index (χ1v) is 8.52. The number of nitrogens with one attached hydrogen (secondary N) is 1. The van der Waals surface area contributed by atoms with Crippen LogP contribution in [-0.4, -0.2) is 15.0 Å². The van der Waals surface area contributed by atoms with Crippen LogP contribution in [0.2, 0.25) is 0 Å². The zero-order valence-electron chi connectivity index (χ0n) is 11.7. The maximum Gasteiger partial charge on any atom is 0.238 e. The number of nitrogens with two attached hydrogens (primary N) is 1. The third kappa shape index (κ3) is 4.16. The molecule has 0 heterocycles. The largest absolute Gasteiger partial charge is 0.310 e. The van der Waals surface area contributed by atoms with E-state index in [0.717, 1.165) is 24.9 Å². The molecule has 1 aliphatic carbocycles. The highest BCUT2D eigenvalue weighted by molar-refractivity contribution is 7.89. The molecule has 0 bridgehead atoms. The molecular formula is C15H22N2O2S. The molecule has 4 nitrogen and oxygen atoms in total. The molecule has 0 radical (unpaired) electrons. The van der Waals surface area contributed by atoms with Crippen LogP contribution in [-0.2, 0) is 10.0 Å². The van der Waals surface area contributed by atoms with Crippen molar-refractivity contribution in [3.8, 4) is 0 Å². The Hall–Kier alpha value is -1.17. The molecule has 0 amide bonds. The summed E-state index contributed by atoms with van der Waals surface area (Å²) in [5.41, 5.74) is 0.947. The molecule has 2 rings (SSSR count). The quantitative estimate of drug-likeness (QED) is 0.819. The number of hydrogen-bond donors (Lipinski definition) is 2. The molecule has 1 aromatic carbocycles. The zero-order chi connectivity index (χ0) is 14.6. The Balaban J connectivity index is 1.98. The first-order chi connectivity index (χ1) is 9.47. The fraction of sp³-hybridized carbons (Fsp3) is 0.467. The van der Waals surface area contributed by atoms with Crippen molar-refractivity contribution in [1.29, 1.82) is 0 Å². The van der Waals surface area contributed by atoms with Crippen molar-refractivity contribution in [1.82, 2.24) is 5.32 Å². The highest BCUT2D eigenvalue weighted by Gasteiger charge is 2.14. The van der Waals surface area contributed by atoms with E-state index in [4.69, 9.17) is 5.14 Å². The Bertz CT molecular complexity index is 581. The van der Waals surface area contributed by atoms with Crippen molar-refractivity contribution >= 4 is 10.0 Å². The van der Waals surface area contributed by atoms with Gasteiger partial charge in [0.2, 0.25) is 10.0 Å². The number of sulfonamides is 1. The molecule has 0 fully saturated rings. The van der Waals surface area contributed by atoms with E-state index in [1.165, 1.54) is 12.5 Å². The number of benzene rings is 1. The van der Waals surface area contributed by atoms with Gasteiger partial charge in [-0.15, -0.1) is 0 Å². The summed E-state index contributed by atoms with van der Waals surface area (Å²) in [7, 11) is -3.63. The third-order valence-electron chi connectivity index (χ3n) is 3.78. The van der Waals surface area contributed by atoms with E-state index in [1.54, 1.807) is 12.1 Å². The van der Waals surface area contributed by atoms with Crippen LogP contribution in [0.5, 0.6) is 0 Å². The molecule has 20 heavy (non-hydrogen) atoms. The van der Waals surface area contributed by atoms with Gasteiger partial charge < -0.3 is 5.32 Å². The number of rotatable bonds is 5. The van der Waals surface area contributed by atoms with Crippen LogP contribution >= 0.6 is 0 Å². The van der Waals surface area contributed by atoms with Gasteiger partial charge in [0.05, 0.1) is 4.90 Å². The van der Waals surface area contributed by atoms with Crippen LogP contribution in [0.4, 0.5) is 0 Å². The summed E-state index contributed by atoms with van der Waals surface area (Å²) in [4.78, 5) is 0.171. The summed E-state index contributed by atoms with van der Waals surface area (Å²) in [6.07, 6.45) is 7.96. The fourth-order valence-electron chi connectivity index (χ4n) is 2.46. The predicted molar refractivity (Wildman–Crippen MR) is 80.7 cm³/mol. The molecule has 0 spiro atoms. The summed E-state index contributed by atoms with van der Waals surface area (Å²) in [6.45, 7) is 2.99. The summed E-state index contributed by atoms with van der Waals surface area (Å²) < 4.78 is 22.7. The summed E-state index contributed by atoms with van der Waals surface area (Å²) in [6, 6.07) is 6.94. The van der Waals surface area contributed by atoms with E-state index in [9.17, 15) is 8.42 Å². The smallest absolute Gasteiger partial charge is 0.238 e. The normalized spacial score (nSPS) is 20.8. The van der Waals surface area contributed by atoms with E-state index < -0.39 is 10.0 Å². The Morgan fingerprint density at radius 1 is 1.40 bits per heavy atom. The van der Waals surface area contributed by atoms with Crippen LogP contribution in [0, 0.1) is 5.92 Å². The van der Waals surface area contributed by atoms with Crippen molar-refractivity contribution in [2.45, 2.75) is 37.1 Å². The van der Waals surface area contributed by atoms with E-state index in [2.05, 4.69) is 17.5 Å². The molecule has 110 valence electrons. The van der Waals surface area contributed by atoms with Gasteiger partial charge in [-0.05, 0) is 56.3 Å². The minimum absolute atomic E-state index is 0.114. The van der Waals surface area contributed by atoms with E-state index >= 15 is 0 Å². The monoisotopic (exact) mass is 294 g/mol. The average molecular weight is 294 g/mol. The first kappa shape index (κ1) is 15.2. The number of primary sulfonamides is 1. The lowest BCUT2D eigenvalue weighted by atomic mass is 9.94. The van der Waals surface area contributed by atoms with E-state index in [1.807, 2.05) is 13.0 Å². The van der Waals surface area contributed by atoms with Crippen molar-refractivity contribution in [2.75, 3.05) is 6.54 Å². The van der Waals surface area contributed by atoms with Crippen molar-refractivity contribution in [2.24, 2.45) is 11.1 Å². The van der Waals surface area contributed by atoms with Gasteiger partial charge in [0.15, 0.2) is 0 Å². The van der Waals surface area contributed by atoms with Crippen LogP contribution in [0.25, 0.3) is 0 Å². The maximum absolute atomic E-state index is 11.4. The standard InChI is InChI=1S/C15H22N2O2S/c1-12(17-11-13-6-3-2-4-7-13)14-8-5-9-15(10-14)20(16,18)19/h2-3,5,8-10,12-13,17H,4,6-7,11H2,1H3,(H2,16,18,19). The second-order valence-corrected chi connectivity index (χ2v) is 6.96. The molecule has 2 atom stereocenters. The third-order valence-corrected chi connectivity index (χ3v) is 4.69. The first-order valence-electron chi connectivity index (χ1n) is 6.98. The van der Waals surface area contributed by atoms with Crippen molar-refractivity contribution in [3.63, 3.8) is 0 Å². The molecule has 0 aliphatic heterocycles. The Labute approximate surface area is 121 Å². The van der Waals surface area contributed by atoms with Crippen LogP contribution in [0.15, 0.2) is 41.3 Å². The Morgan fingerprint density at radius 3 is 2.85 bits per heavy atom. The zero-order valence-corrected chi connectivity index (χ0v) is 12.6. The lowest BCUT2D eigenvalue weighted by Crippen LogP contribution is -2.26. The lowest BCUT2D eigenvalue weighted by Gasteiger charge is -2.22. The van der Waals surface area contributed by atoms with Crippen LogP contribution < -0.4 is 10.5 Å². The molecule has 0 saturated carbocycles. The van der Waals surface area contributed by atoms with E-state index in [-0.39, 0.29) is 10.9 Å². The lowest BCUT2D eigenvalue weighted by molar-refractivity contribution is 0.415. The molecule has 2 unspecified atom stereocenters. The van der Waals surface area contributed by atoms with Gasteiger partial charge in [-0.2, -0.15) is 0 Å². The molecule has 1 aliphatic rings. The minimum Gasteiger partial charge on any atom is -0.310 e. The molecule has 0 aromatic heterocycles. The highest BCUT2D eigenvalue weighted by Crippen LogP contribution is 2.20. The van der Waals surface area contributed by atoms with Crippen molar-refractivity contribution < 1.29 is 8.42 Å². The van der Waals surface area contributed by atoms with Gasteiger partial charge in [0, 0.05) is 6.04 Å². The van der Waals surface area contributed by atoms with Gasteiger partial charge in [-0.3, -0.25) is 0 Å². The second kappa shape index (κ2) is 6.52. The maximum atomic E-state index is 11.4. The van der Waals surface area contributed by atoms with Crippen LogP contribution in [0.3, 0.4) is 0 Å². The SMILES string of the molecule is CC(NCC1CC=CCC1)c1cccc(S(N)(=O)=O)c1. The molecule has 3 N–H and O–H groups in total. The van der Waals surface area contributed by atoms with Crippen LogP contribution in [0.1, 0.15) is 37.8 Å². The van der Waals surface area contributed by atoms with Gasteiger partial charge in [0.1, 0.15) is 0 Å². The predicted octanol–water partition coefficient (Wildman–Crippen LogP) is 2.34. The highest BCUT2D eigenvalue weighted by atomic mass is 32.2. The molecular weight excluding hydrogens is 272 g/mol. The average Bonchev–Trinajstić information content (AvgIpc) is 2.45. The molecule has 1 aromatic rings. The molecule has 0 saturated heterocycles. The Morgan fingerprint density at radius 2 is 2.20 bits per heavy atom. The van der Waals surface area contributed by atoms with Gasteiger partial charge in [-0.1, -0.05) is 24.3 Å². The second-order valence-electron chi connectivity index (χ2n) is 5.40. The van der Waals surface area contributed by atoms with Crippen molar-refractivity contribution in [3.05, 3.63) is 42.0 Å². The molecule has 5 heteroatoms. The topological polar surface area (TPSA) is 72.2 Å². The van der Waals surface area contributed by atoms with E-state index in [0.29, 0.717) is 5.92 Å². The summed E-state index contributed by atoms with van der Waals surface area (Å²) >= 11 is 0. The number of hydrogen-bond acceptors (Lipinski definition) is 3. The van der Waals surface area contributed by atoms with Gasteiger partial charge in [0.25, 0.3) is 0 Å². The minimum atomic E-state index is -3.63. The summed E-state index contributed by atoms with van der Waals surface area (Å²) in [5.74, 6) is 0.670. The van der Waals surface area contributed by atoms with Gasteiger partial charge in [-0.25, -0.2) is 13.6 Å². The Kier molecular flexibility index (Phi) is 4.96.